The monoisotopic (exact) mass is 430 g/mol. The van der Waals surface area contributed by atoms with Gasteiger partial charge in [-0.1, -0.05) is 47.6 Å². The largest absolute Gasteiger partial charge is 0.493 e. The van der Waals surface area contributed by atoms with Crippen molar-refractivity contribution in [3.8, 4) is 27.6 Å². The lowest BCUT2D eigenvalue weighted by atomic mass is 10.2. The molecule has 0 saturated heterocycles. The van der Waals surface area contributed by atoms with Gasteiger partial charge < -0.3 is 9.26 Å². The van der Waals surface area contributed by atoms with E-state index in [1.165, 1.54) is 22.2 Å². The summed E-state index contributed by atoms with van der Waals surface area (Å²) in [4.78, 5) is 23.6. The number of thiophene rings is 1. The average molecular weight is 430 g/mol. The summed E-state index contributed by atoms with van der Waals surface area (Å²) in [6.45, 7) is 2.60. The number of para-hydroxylation sites is 1. The fourth-order valence-corrected chi connectivity index (χ4v) is 4.32. The minimum Gasteiger partial charge on any atom is -0.493 e. The molecular formula is C23H18N4O3S. The van der Waals surface area contributed by atoms with Crippen LogP contribution < -0.4 is 10.3 Å². The third-order valence-corrected chi connectivity index (χ3v) is 5.87. The molecule has 0 aliphatic carbocycles. The fraction of sp³-hybridized carbons (Fsp3) is 0.130. The van der Waals surface area contributed by atoms with Crippen LogP contribution in [0, 0.1) is 0 Å². The van der Waals surface area contributed by atoms with E-state index in [1.54, 1.807) is 0 Å². The summed E-state index contributed by atoms with van der Waals surface area (Å²) in [7, 11) is 0. The topological polar surface area (TPSA) is 83.0 Å². The summed E-state index contributed by atoms with van der Waals surface area (Å²) in [6.07, 6.45) is 1.52. The lowest BCUT2D eigenvalue weighted by Crippen LogP contribution is -2.20. The predicted octanol–water partition coefficient (Wildman–Crippen LogP) is 4.62. The van der Waals surface area contributed by atoms with Gasteiger partial charge in [0, 0.05) is 4.88 Å². The van der Waals surface area contributed by atoms with Gasteiger partial charge in [-0.3, -0.25) is 9.36 Å². The van der Waals surface area contributed by atoms with Crippen molar-refractivity contribution in [3.05, 3.63) is 83.2 Å². The molecule has 0 aliphatic rings. The highest BCUT2D eigenvalue weighted by Crippen LogP contribution is 2.31. The molecule has 3 heterocycles. The maximum atomic E-state index is 13.0. The molecule has 8 heteroatoms. The highest BCUT2D eigenvalue weighted by atomic mass is 32.1. The van der Waals surface area contributed by atoms with Crippen molar-refractivity contribution in [1.82, 2.24) is 19.7 Å². The van der Waals surface area contributed by atoms with Crippen LogP contribution in [-0.2, 0) is 6.54 Å². The smallest absolute Gasteiger partial charge is 0.262 e. The number of hydrogen-bond acceptors (Lipinski definition) is 7. The number of hydrogen-bond donors (Lipinski definition) is 0. The van der Waals surface area contributed by atoms with Gasteiger partial charge in [0.15, 0.2) is 0 Å². The van der Waals surface area contributed by atoms with Crippen LogP contribution in [0.1, 0.15) is 12.8 Å². The molecule has 7 nitrogen and oxygen atoms in total. The molecule has 0 unspecified atom stereocenters. The van der Waals surface area contributed by atoms with Crippen molar-refractivity contribution in [2.45, 2.75) is 13.5 Å². The molecule has 2 aromatic carbocycles. The molecule has 0 N–H and O–H groups in total. The van der Waals surface area contributed by atoms with Gasteiger partial charge in [-0.2, -0.15) is 4.98 Å². The highest BCUT2D eigenvalue weighted by Gasteiger charge is 2.15. The van der Waals surface area contributed by atoms with Crippen molar-refractivity contribution in [3.63, 3.8) is 0 Å². The Balaban J connectivity index is 1.45. The maximum Gasteiger partial charge on any atom is 0.262 e. The Morgan fingerprint density at radius 3 is 2.74 bits per heavy atom. The molecule has 0 fully saturated rings. The van der Waals surface area contributed by atoms with E-state index in [1.807, 2.05) is 67.6 Å². The second-order valence-electron chi connectivity index (χ2n) is 6.81. The zero-order valence-electron chi connectivity index (χ0n) is 16.7. The molecule has 0 amide bonds. The molecule has 154 valence electrons. The van der Waals surface area contributed by atoms with Crippen LogP contribution in [0.4, 0.5) is 0 Å². The van der Waals surface area contributed by atoms with Crippen LogP contribution in [0.3, 0.4) is 0 Å². The van der Waals surface area contributed by atoms with Gasteiger partial charge in [0.1, 0.15) is 17.1 Å². The molecule has 0 aliphatic heterocycles. The van der Waals surface area contributed by atoms with E-state index in [0.29, 0.717) is 34.3 Å². The quantitative estimate of drug-likeness (QED) is 0.391. The molecule has 31 heavy (non-hydrogen) atoms. The first kappa shape index (κ1) is 19.2. The SMILES string of the molecule is CCOc1ccccc1-c1noc(Cn2cnc3sc(-c4ccccc4)cc3c2=O)n1. The Morgan fingerprint density at radius 1 is 1.10 bits per heavy atom. The number of ether oxygens (including phenoxy) is 1. The molecule has 0 saturated carbocycles. The van der Waals surface area contributed by atoms with Crippen molar-refractivity contribution in [1.29, 1.82) is 0 Å². The first-order valence-corrected chi connectivity index (χ1v) is 10.6. The van der Waals surface area contributed by atoms with Crippen LogP contribution in [0.25, 0.3) is 32.0 Å². The summed E-state index contributed by atoms with van der Waals surface area (Å²) in [5.41, 5.74) is 1.66. The second kappa shape index (κ2) is 8.16. The maximum absolute atomic E-state index is 13.0. The average Bonchev–Trinajstić information content (AvgIpc) is 3.45. The first-order chi connectivity index (χ1) is 15.2. The lowest BCUT2D eigenvalue weighted by molar-refractivity contribution is 0.340. The van der Waals surface area contributed by atoms with E-state index in [9.17, 15) is 4.79 Å². The van der Waals surface area contributed by atoms with E-state index >= 15 is 0 Å². The van der Waals surface area contributed by atoms with Gasteiger partial charge >= 0.3 is 0 Å². The van der Waals surface area contributed by atoms with Gasteiger partial charge in [0.2, 0.25) is 11.7 Å². The lowest BCUT2D eigenvalue weighted by Gasteiger charge is -2.06. The van der Waals surface area contributed by atoms with Crippen LogP contribution >= 0.6 is 11.3 Å². The Labute approximate surface area is 181 Å². The van der Waals surface area contributed by atoms with Crippen LogP contribution in [0.15, 0.2) is 76.3 Å². The van der Waals surface area contributed by atoms with Crippen LogP contribution in [0.2, 0.25) is 0 Å². The van der Waals surface area contributed by atoms with Gasteiger partial charge in [-0.25, -0.2) is 4.98 Å². The predicted molar refractivity (Wildman–Crippen MR) is 119 cm³/mol. The molecule has 0 radical (unpaired) electrons. The Kier molecular flexibility index (Phi) is 5.05. The molecule has 0 bridgehead atoms. The summed E-state index contributed by atoms with van der Waals surface area (Å²) >= 11 is 1.50. The highest BCUT2D eigenvalue weighted by molar-refractivity contribution is 7.21. The number of benzene rings is 2. The fourth-order valence-electron chi connectivity index (χ4n) is 3.32. The van der Waals surface area contributed by atoms with Crippen molar-refractivity contribution in [2.75, 3.05) is 6.61 Å². The molecule has 5 aromatic rings. The third-order valence-electron chi connectivity index (χ3n) is 4.78. The summed E-state index contributed by atoms with van der Waals surface area (Å²) < 4.78 is 12.5. The number of fused-ring (bicyclic) bond motifs is 1. The molecule has 0 spiro atoms. The van der Waals surface area contributed by atoms with Crippen molar-refractivity contribution >= 4 is 21.6 Å². The van der Waals surface area contributed by atoms with Gasteiger partial charge in [0.25, 0.3) is 5.56 Å². The minimum absolute atomic E-state index is 0.141. The molecule has 3 aromatic heterocycles. The Hall–Kier alpha value is -3.78. The van der Waals surface area contributed by atoms with E-state index in [4.69, 9.17) is 9.26 Å². The van der Waals surface area contributed by atoms with Gasteiger partial charge in [-0.15, -0.1) is 11.3 Å². The van der Waals surface area contributed by atoms with Crippen molar-refractivity contribution in [2.24, 2.45) is 0 Å². The first-order valence-electron chi connectivity index (χ1n) is 9.82. The Bertz CT molecular complexity index is 1410. The van der Waals surface area contributed by atoms with E-state index in [2.05, 4.69) is 15.1 Å². The third kappa shape index (κ3) is 3.73. The zero-order valence-corrected chi connectivity index (χ0v) is 17.5. The van der Waals surface area contributed by atoms with E-state index in [-0.39, 0.29) is 12.1 Å². The number of rotatable bonds is 6. The molecular weight excluding hydrogens is 412 g/mol. The van der Waals surface area contributed by atoms with E-state index < -0.39 is 0 Å². The summed E-state index contributed by atoms with van der Waals surface area (Å²) in [6, 6.07) is 19.3. The van der Waals surface area contributed by atoms with Crippen LogP contribution in [0.5, 0.6) is 5.75 Å². The second-order valence-corrected chi connectivity index (χ2v) is 7.84. The normalized spacial score (nSPS) is 11.1. The zero-order chi connectivity index (χ0) is 21.2. The molecule has 5 rings (SSSR count). The Morgan fingerprint density at radius 2 is 1.90 bits per heavy atom. The molecule has 0 atom stereocenters. The minimum atomic E-state index is -0.141. The number of nitrogens with zero attached hydrogens (tertiary/aromatic N) is 4. The summed E-state index contributed by atoms with van der Waals surface area (Å²) in [5, 5.41) is 4.64. The standard InChI is InChI=1S/C23H18N4O3S/c1-2-29-18-11-7-6-10-16(18)21-25-20(30-26-21)13-27-14-24-22-17(23(27)28)12-19(31-22)15-8-4-3-5-9-15/h3-12,14H,2,13H2,1H3. The number of aromatic nitrogens is 4. The summed E-state index contributed by atoms with van der Waals surface area (Å²) in [5.74, 6) is 1.43. The van der Waals surface area contributed by atoms with Crippen molar-refractivity contribution < 1.29 is 9.26 Å². The van der Waals surface area contributed by atoms with Crippen LogP contribution in [-0.4, -0.2) is 26.3 Å². The van der Waals surface area contributed by atoms with Gasteiger partial charge in [0.05, 0.1) is 23.9 Å². The van der Waals surface area contributed by atoms with E-state index in [0.717, 1.165) is 16.0 Å². The van der Waals surface area contributed by atoms with Gasteiger partial charge in [-0.05, 0) is 30.7 Å².